The number of ether oxygens (including phenoxy) is 2. The zero-order valence-electron chi connectivity index (χ0n) is 9.21. The maximum atomic E-state index is 13.5. The highest BCUT2D eigenvalue weighted by molar-refractivity contribution is 5.77. The zero-order valence-corrected chi connectivity index (χ0v) is 9.21. The number of benzene rings is 1. The smallest absolute Gasteiger partial charge is 0.343 e. The number of methoxy groups -OCH3 is 1. The van der Waals surface area contributed by atoms with Crippen LogP contribution in [0.1, 0.15) is 10.4 Å². The van der Waals surface area contributed by atoms with Crippen LogP contribution in [0.5, 0.6) is 5.75 Å². The molecule has 7 nitrogen and oxygen atoms in total. The topological polar surface area (TPSA) is 95.7 Å². The van der Waals surface area contributed by atoms with Crippen LogP contribution in [-0.4, -0.2) is 30.9 Å². The van der Waals surface area contributed by atoms with E-state index in [1.807, 2.05) is 0 Å². The Balaban J connectivity index is 3.12. The van der Waals surface area contributed by atoms with Crippen LogP contribution in [0, 0.1) is 15.9 Å². The number of hydrogen-bond acceptors (Lipinski definition) is 6. The number of nitro groups is 1. The quantitative estimate of drug-likeness (QED) is 0.339. The average molecular weight is 257 g/mol. The third-order valence-corrected chi connectivity index (χ3v) is 1.94. The molecule has 0 N–H and O–H groups in total. The second-order valence-electron chi connectivity index (χ2n) is 3.09. The fourth-order valence-corrected chi connectivity index (χ4v) is 1.14. The lowest BCUT2D eigenvalue weighted by atomic mass is 10.2. The molecule has 0 aliphatic carbocycles. The molecular weight excluding hydrogens is 249 g/mol. The van der Waals surface area contributed by atoms with Crippen molar-refractivity contribution in [3.05, 3.63) is 33.6 Å². The minimum Gasteiger partial charge on any atom is -0.473 e. The lowest BCUT2D eigenvalue weighted by molar-refractivity contribution is -0.386. The number of hydrogen-bond donors (Lipinski definition) is 0. The van der Waals surface area contributed by atoms with E-state index in [4.69, 9.17) is 0 Å². The molecule has 0 radical (unpaired) electrons. The molecular formula is C10H8FNO6. The van der Waals surface area contributed by atoms with Gasteiger partial charge in [0.2, 0.25) is 5.75 Å². The van der Waals surface area contributed by atoms with Crippen molar-refractivity contribution in [1.82, 2.24) is 0 Å². The van der Waals surface area contributed by atoms with Crippen LogP contribution >= 0.6 is 0 Å². The molecule has 0 spiro atoms. The van der Waals surface area contributed by atoms with E-state index in [0.717, 1.165) is 19.2 Å². The number of aldehydes is 1. The third kappa shape index (κ3) is 3.00. The lowest BCUT2D eigenvalue weighted by Crippen LogP contribution is -2.14. The first kappa shape index (κ1) is 13.6. The summed E-state index contributed by atoms with van der Waals surface area (Å²) in [7, 11) is 1.09. The van der Waals surface area contributed by atoms with Gasteiger partial charge < -0.3 is 9.47 Å². The van der Waals surface area contributed by atoms with Gasteiger partial charge in [-0.05, 0) is 6.07 Å². The van der Waals surface area contributed by atoms with Gasteiger partial charge in [-0.15, -0.1) is 0 Å². The van der Waals surface area contributed by atoms with Crippen molar-refractivity contribution in [3.8, 4) is 5.75 Å². The first-order chi connectivity index (χ1) is 8.49. The number of esters is 1. The molecule has 0 heterocycles. The van der Waals surface area contributed by atoms with Crippen molar-refractivity contribution in [2.24, 2.45) is 0 Å². The fraction of sp³-hybridized carbons (Fsp3) is 0.200. The van der Waals surface area contributed by atoms with Crippen LogP contribution in [-0.2, 0) is 9.53 Å². The fourth-order valence-electron chi connectivity index (χ4n) is 1.14. The summed E-state index contributed by atoms with van der Waals surface area (Å²) < 4.78 is 22.4. The third-order valence-electron chi connectivity index (χ3n) is 1.94. The SMILES string of the molecule is COC(=O)COc1c(F)cc(C=O)cc1[N+](=O)[O-]. The predicted octanol–water partition coefficient (Wildman–Crippen LogP) is 1.10. The van der Waals surface area contributed by atoms with Crippen LogP contribution in [0.4, 0.5) is 10.1 Å². The minimum absolute atomic E-state index is 0.204. The summed E-state index contributed by atoms with van der Waals surface area (Å²) in [6, 6.07) is 1.62. The molecule has 1 aromatic rings. The Morgan fingerprint density at radius 2 is 2.22 bits per heavy atom. The Hall–Kier alpha value is -2.51. The maximum Gasteiger partial charge on any atom is 0.343 e. The predicted molar refractivity (Wildman–Crippen MR) is 56.0 cm³/mol. The molecule has 0 saturated carbocycles. The number of nitro benzene ring substituents is 1. The number of carbonyl (C=O) groups excluding carboxylic acids is 2. The van der Waals surface area contributed by atoms with Crippen molar-refractivity contribution in [3.63, 3.8) is 0 Å². The molecule has 1 aromatic carbocycles. The van der Waals surface area contributed by atoms with E-state index >= 15 is 0 Å². The molecule has 1 rings (SSSR count). The van der Waals surface area contributed by atoms with Crippen molar-refractivity contribution < 1.29 is 28.4 Å². The van der Waals surface area contributed by atoms with Gasteiger partial charge in [0, 0.05) is 11.6 Å². The maximum absolute atomic E-state index is 13.5. The van der Waals surface area contributed by atoms with E-state index in [2.05, 4.69) is 9.47 Å². The second-order valence-corrected chi connectivity index (χ2v) is 3.09. The normalized spacial score (nSPS) is 9.67. The molecule has 0 atom stereocenters. The van der Waals surface area contributed by atoms with Gasteiger partial charge in [-0.1, -0.05) is 0 Å². The Bertz CT molecular complexity index is 501. The standard InChI is InChI=1S/C10H8FNO6/c1-17-9(14)5-18-10-7(11)2-6(4-13)3-8(10)12(15)16/h2-4H,5H2,1H3. The van der Waals surface area contributed by atoms with Crippen molar-refractivity contribution in [2.45, 2.75) is 0 Å². The zero-order chi connectivity index (χ0) is 13.7. The molecule has 96 valence electrons. The molecule has 0 bridgehead atoms. The van der Waals surface area contributed by atoms with Crippen LogP contribution < -0.4 is 4.74 Å². The monoisotopic (exact) mass is 257 g/mol. The van der Waals surface area contributed by atoms with Gasteiger partial charge >= 0.3 is 11.7 Å². The van der Waals surface area contributed by atoms with Crippen molar-refractivity contribution in [1.29, 1.82) is 0 Å². The number of rotatable bonds is 5. The summed E-state index contributed by atoms with van der Waals surface area (Å²) in [5.74, 6) is -2.63. The molecule has 0 aliphatic rings. The van der Waals surface area contributed by atoms with Crippen molar-refractivity contribution in [2.75, 3.05) is 13.7 Å². The largest absolute Gasteiger partial charge is 0.473 e. The molecule has 0 fully saturated rings. The van der Waals surface area contributed by atoms with Crippen LogP contribution in [0.15, 0.2) is 12.1 Å². The first-order valence-electron chi connectivity index (χ1n) is 4.62. The summed E-state index contributed by atoms with van der Waals surface area (Å²) >= 11 is 0. The number of nitrogens with zero attached hydrogens (tertiary/aromatic N) is 1. The molecule has 0 amide bonds. The minimum atomic E-state index is -1.10. The van der Waals surface area contributed by atoms with Gasteiger partial charge in [0.1, 0.15) is 6.29 Å². The summed E-state index contributed by atoms with van der Waals surface area (Å²) in [6.45, 7) is -0.672. The molecule has 18 heavy (non-hydrogen) atoms. The van der Waals surface area contributed by atoms with Gasteiger partial charge in [-0.25, -0.2) is 9.18 Å². The summed E-state index contributed by atoms with van der Waals surface area (Å²) in [5.41, 5.74) is -0.939. The Morgan fingerprint density at radius 1 is 1.56 bits per heavy atom. The Morgan fingerprint density at radius 3 is 2.72 bits per heavy atom. The van der Waals surface area contributed by atoms with E-state index in [-0.39, 0.29) is 11.8 Å². The highest BCUT2D eigenvalue weighted by atomic mass is 19.1. The van der Waals surface area contributed by atoms with Crippen LogP contribution in [0.3, 0.4) is 0 Å². The van der Waals surface area contributed by atoms with E-state index in [1.165, 1.54) is 0 Å². The number of carbonyl (C=O) groups is 2. The van der Waals surface area contributed by atoms with Gasteiger partial charge in [0.15, 0.2) is 12.4 Å². The molecule has 0 aliphatic heterocycles. The molecule has 0 aromatic heterocycles. The Labute approximate surface area is 100 Å². The van der Waals surface area contributed by atoms with Gasteiger partial charge in [-0.2, -0.15) is 0 Å². The van der Waals surface area contributed by atoms with Crippen LogP contribution in [0.2, 0.25) is 0 Å². The summed E-state index contributed by atoms with van der Waals surface area (Å²) in [4.78, 5) is 31.0. The van der Waals surface area contributed by atoms with Gasteiger partial charge in [-0.3, -0.25) is 14.9 Å². The summed E-state index contributed by atoms with van der Waals surface area (Å²) in [5, 5.41) is 10.7. The van der Waals surface area contributed by atoms with E-state index in [1.54, 1.807) is 0 Å². The highest BCUT2D eigenvalue weighted by Gasteiger charge is 2.22. The lowest BCUT2D eigenvalue weighted by Gasteiger charge is -2.07. The van der Waals surface area contributed by atoms with E-state index < -0.39 is 34.8 Å². The first-order valence-corrected chi connectivity index (χ1v) is 4.62. The summed E-state index contributed by atoms with van der Waals surface area (Å²) in [6.07, 6.45) is 0.264. The average Bonchev–Trinajstić information content (AvgIpc) is 2.35. The van der Waals surface area contributed by atoms with E-state index in [0.29, 0.717) is 0 Å². The van der Waals surface area contributed by atoms with Crippen LogP contribution in [0.25, 0.3) is 0 Å². The second kappa shape index (κ2) is 5.71. The Kier molecular flexibility index (Phi) is 4.30. The van der Waals surface area contributed by atoms with Gasteiger partial charge in [0.25, 0.3) is 0 Å². The van der Waals surface area contributed by atoms with E-state index in [9.17, 15) is 24.1 Å². The molecule has 0 saturated heterocycles. The molecule has 0 unspecified atom stereocenters. The highest BCUT2D eigenvalue weighted by Crippen LogP contribution is 2.31. The molecule has 8 heteroatoms. The van der Waals surface area contributed by atoms with Gasteiger partial charge in [0.05, 0.1) is 12.0 Å². The number of halogens is 1. The van der Waals surface area contributed by atoms with Crippen molar-refractivity contribution >= 4 is 17.9 Å².